The van der Waals surface area contributed by atoms with E-state index < -0.39 is 22.1 Å². The number of nitro groups is 1. The largest absolute Gasteiger partial charge is 0.419 e. The van der Waals surface area contributed by atoms with Crippen molar-refractivity contribution >= 4 is 56.3 Å². The number of fused-ring (bicyclic) bond motifs is 1. The topological polar surface area (TPSA) is 117 Å². The number of halogens is 2. The lowest BCUT2D eigenvalue weighted by Crippen LogP contribution is -2.23. The van der Waals surface area contributed by atoms with E-state index in [-0.39, 0.29) is 22.3 Å². The fourth-order valence-corrected chi connectivity index (χ4v) is 3.44. The predicted molar refractivity (Wildman–Crippen MR) is 120 cm³/mol. The Bertz CT molecular complexity index is 1300. The van der Waals surface area contributed by atoms with Gasteiger partial charge in [0.1, 0.15) is 5.82 Å². The van der Waals surface area contributed by atoms with Gasteiger partial charge in [-0.1, -0.05) is 41.4 Å². The van der Waals surface area contributed by atoms with Gasteiger partial charge in [-0.2, -0.15) is 9.78 Å². The third kappa shape index (κ3) is 4.80. The van der Waals surface area contributed by atoms with Gasteiger partial charge in [-0.3, -0.25) is 19.7 Å². The summed E-state index contributed by atoms with van der Waals surface area (Å²) in [5, 5.41) is 16.0. The van der Waals surface area contributed by atoms with Crippen LogP contribution in [-0.4, -0.2) is 26.8 Å². The Morgan fingerprint density at radius 2 is 2.06 bits per heavy atom. The van der Waals surface area contributed by atoms with E-state index in [1.54, 1.807) is 18.2 Å². The van der Waals surface area contributed by atoms with Crippen LogP contribution in [0.2, 0.25) is 5.02 Å². The van der Waals surface area contributed by atoms with Crippen LogP contribution < -0.4 is 10.3 Å². The number of nitrogens with zero attached hydrogens (tertiary/aromatic N) is 4. The highest BCUT2D eigenvalue weighted by Gasteiger charge is 2.22. The van der Waals surface area contributed by atoms with Crippen molar-refractivity contribution in [1.82, 2.24) is 9.66 Å². The van der Waals surface area contributed by atoms with Gasteiger partial charge in [0.15, 0.2) is 0 Å². The lowest BCUT2D eigenvalue weighted by Gasteiger charge is -2.12. The average Bonchev–Trinajstić information content (AvgIpc) is 2.68. The zero-order chi connectivity index (χ0) is 22.9. The first kappa shape index (κ1) is 22.6. The maximum absolute atomic E-state index is 13.1. The van der Waals surface area contributed by atoms with Crippen molar-refractivity contribution in [1.29, 1.82) is 0 Å². The van der Waals surface area contributed by atoms with Gasteiger partial charge < -0.3 is 4.74 Å². The summed E-state index contributed by atoms with van der Waals surface area (Å²) in [4.78, 5) is 39.8. The molecule has 0 saturated heterocycles. The molecule has 0 saturated carbocycles. The molecule has 0 N–H and O–H groups in total. The summed E-state index contributed by atoms with van der Waals surface area (Å²) in [5.41, 5.74) is -0.342. The Labute approximate surface area is 189 Å². The molecule has 0 bridgehead atoms. The summed E-state index contributed by atoms with van der Waals surface area (Å²) < 4.78 is 6.85. The van der Waals surface area contributed by atoms with E-state index >= 15 is 0 Å². The Morgan fingerprint density at radius 1 is 1.35 bits per heavy atom. The van der Waals surface area contributed by atoms with Crippen molar-refractivity contribution in [3.05, 3.63) is 71.7 Å². The minimum atomic E-state index is -0.752. The normalized spacial score (nSPS) is 11.4. The van der Waals surface area contributed by atoms with E-state index in [1.807, 2.05) is 13.8 Å². The number of carbonyl (C=O) groups is 1. The fourth-order valence-electron chi connectivity index (χ4n) is 2.86. The maximum atomic E-state index is 13.1. The molecule has 0 unspecified atom stereocenters. The molecule has 31 heavy (non-hydrogen) atoms. The summed E-state index contributed by atoms with van der Waals surface area (Å²) in [6.07, 6.45) is 1.18. The lowest BCUT2D eigenvalue weighted by molar-refractivity contribution is -0.385. The SMILES string of the molecule is CC(=O)Oc1c(C=Nn2c(C(C)C)nc3ccc(Br)cc3c2=O)cc(Cl)cc1[N+](=O)[O-]. The van der Waals surface area contributed by atoms with Gasteiger partial charge in [0, 0.05) is 34.0 Å². The molecule has 11 heteroatoms. The zero-order valence-corrected chi connectivity index (χ0v) is 19.0. The molecule has 0 amide bonds. The van der Waals surface area contributed by atoms with Crippen molar-refractivity contribution in [3.63, 3.8) is 0 Å². The average molecular weight is 508 g/mol. The first-order valence-corrected chi connectivity index (χ1v) is 10.2. The molecule has 1 heterocycles. The molecule has 0 aliphatic rings. The number of rotatable bonds is 5. The molecule has 0 fully saturated rings. The zero-order valence-electron chi connectivity index (χ0n) is 16.6. The molecular weight excluding hydrogens is 492 g/mol. The van der Waals surface area contributed by atoms with E-state index in [0.717, 1.165) is 17.7 Å². The standard InChI is InChI=1S/C20H16BrClN4O5/c1-10(2)19-24-16-5-4-13(21)7-15(16)20(28)25(19)23-9-12-6-14(22)8-17(26(29)30)18(12)31-11(3)27/h4-10H,1-3H3. The molecule has 0 atom stereocenters. The Morgan fingerprint density at radius 3 is 2.68 bits per heavy atom. The molecule has 160 valence electrons. The molecule has 9 nitrogen and oxygen atoms in total. The van der Waals surface area contributed by atoms with Gasteiger partial charge >= 0.3 is 11.7 Å². The molecule has 1 aromatic heterocycles. The smallest absolute Gasteiger partial charge is 0.313 e. The molecule has 3 rings (SSSR count). The summed E-state index contributed by atoms with van der Waals surface area (Å²) in [5.74, 6) is -0.834. The highest BCUT2D eigenvalue weighted by molar-refractivity contribution is 9.10. The third-order valence-corrected chi connectivity index (χ3v) is 4.88. The number of esters is 1. The number of hydrogen-bond acceptors (Lipinski definition) is 7. The number of benzene rings is 2. The summed E-state index contributed by atoms with van der Waals surface area (Å²) in [6.45, 7) is 4.83. The quantitative estimate of drug-likeness (QED) is 0.163. The van der Waals surface area contributed by atoms with Gasteiger partial charge in [-0.05, 0) is 24.3 Å². The van der Waals surface area contributed by atoms with Crippen LogP contribution in [0, 0.1) is 10.1 Å². The molecule has 3 aromatic rings. The minimum Gasteiger partial charge on any atom is -0.419 e. The van der Waals surface area contributed by atoms with Gasteiger partial charge in [-0.25, -0.2) is 4.98 Å². The second-order valence-corrected chi connectivity index (χ2v) is 8.19. The van der Waals surface area contributed by atoms with E-state index in [4.69, 9.17) is 16.3 Å². The molecular formula is C20H16BrClN4O5. The lowest BCUT2D eigenvalue weighted by atomic mass is 10.1. The van der Waals surface area contributed by atoms with Crippen LogP contribution in [0.1, 0.15) is 38.1 Å². The van der Waals surface area contributed by atoms with E-state index in [2.05, 4.69) is 26.0 Å². The van der Waals surface area contributed by atoms with Crippen molar-refractivity contribution in [2.75, 3.05) is 0 Å². The van der Waals surface area contributed by atoms with Gasteiger partial charge in [0.2, 0.25) is 5.75 Å². The van der Waals surface area contributed by atoms with E-state index in [9.17, 15) is 19.7 Å². The maximum Gasteiger partial charge on any atom is 0.313 e. The van der Waals surface area contributed by atoms with Crippen LogP contribution in [-0.2, 0) is 4.79 Å². The summed E-state index contributed by atoms with van der Waals surface area (Å²) in [6, 6.07) is 7.55. The summed E-state index contributed by atoms with van der Waals surface area (Å²) >= 11 is 9.34. The second-order valence-electron chi connectivity index (χ2n) is 6.84. The number of nitro benzene ring substituents is 1. The Balaban J connectivity index is 2.25. The number of ether oxygens (including phenoxy) is 1. The minimum absolute atomic E-state index is 0.0426. The van der Waals surface area contributed by atoms with Crippen LogP contribution in [0.3, 0.4) is 0 Å². The monoisotopic (exact) mass is 506 g/mol. The molecule has 0 aliphatic heterocycles. The molecule has 0 spiro atoms. The first-order chi connectivity index (χ1) is 14.6. The van der Waals surface area contributed by atoms with E-state index in [0.29, 0.717) is 21.2 Å². The van der Waals surface area contributed by atoms with Crippen molar-refractivity contribution in [2.24, 2.45) is 5.10 Å². The Kier molecular flexibility index (Phi) is 6.51. The number of aromatic nitrogens is 2. The third-order valence-electron chi connectivity index (χ3n) is 4.17. The molecule has 0 radical (unpaired) electrons. The van der Waals surface area contributed by atoms with Gasteiger partial charge in [0.05, 0.1) is 22.0 Å². The van der Waals surface area contributed by atoms with Crippen molar-refractivity contribution in [3.8, 4) is 5.75 Å². The van der Waals surface area contributed by atoms with E-state index in [1.165, 1.54) is 12.3 Å². The first-order valence-electron chi connectivity index (χ1n) is 9.01. The second kappa shape index (κ2) is 8.94. The van der Waals surface area contributed by atoms with Crippen LogP contribution in [0.15, 0.2) is 44.7 Å². The van der Waals surface area contributed by atoms with Crippen LogP contribution >= 0.6 is 27.5 Å². The highest BCUT2D eigenvalue weighted by atomic mass is 79.9. The molecule has 2 aromatic carbocycles. The number of hydrogen-bond donors (Lipinski definition) is 0. The predicted octanol–water partition coefficient (Wildman–Crippen LogP) is 4.65. The molecule has 0 aliphatic carbocycles. The van der Waals surface area contributed by atoms with Crippen molar-refractivity contribution in [2.45, 2.75) is 26.7 Å². The van der Waals surface area contributed by atoms with Crippen LogP contribution in [0.25, 0.3) is 10.9 Å². The van der Waals surface area contributed by atoms with Crippen LogP contribution in [0.5, 0.6) is 5.75 Å². The fraction of sp³-hybridized carbons (Fsp3) is 0.200. The van der Waals surface area contributed by atoms with Crippen molar-refractivity contribution < 1.29 is 14.5 Å². The summed E-state index contributed by atoms with van der Waals surface area (Å²) in [7, 11) is 0. The van der Waals surface area contributed by atoms with Gasteiger partial charge in [0.25, 0.3) is 5.56 Å². The van der Waals surface area contributed by atoms with Crippen LogP contribution in [0.4, 0.5) is 5.69 Å². The highest BCUT2D eigenvalue weighted by Crippen LogP contribution is 2.34. The number of carbonyl (C=O) groups excluding carboxylic acids is 1. The Hall–Kier alpha value is -3.11. The van der Waals surface area contributed by atoms with Gasteiger partial charge in [-0.15, -0.1) is 0 Å².